The Bertz CT molecular complexity index is 622. The molecule has 8 heteroatoms. The fraction of sp³-hybridized carbons (Fsp3) is 0.286. The van der Waals surface area contributed by atoms with Gasteiger partial charge in [-0.15, -0.1) is 0 Å². The quantitative estimate of drug-likeness (QED) is 0.249. The molecule has 0 unspecified atom stereocenters. The monoisotopic (exact) mass is 309 g/mol. The van der Waals surface area contributed by atoms with Crippen molar-refractivity contribution in [3.8, 4) is 11.5 Å². The first-order valence-corrected chi connectivity index (χ1v) is 6.24. The van der Waals surface area contributed by atoms with Gasteiger partial charge in [-0.2, -0.15) is 0 Å². The van der Waals surface area contributed by atoms with Crippen molar-refractivity contribution in [1.29, 1.82) is 0 Å². The Morgan fingerprint density at radius 2 is 1.91 bits per heavy atom. The summed E-state index contributed by atoms with van der Waals surface area (Å²) in [6.07, 6.45) is 1.93. The number of carbonyl (C=O) groups is 2. The summed E-state index contributed by atoms with van der Waals surface area (Å²) in [6.45, 7) is 1.81. The number of ketones is 1. The van der Waals surface area contributed by atoms with Crippen LogP contribution in [0.5, 0.6) is 11.5 Å². The Morgan fingerprint density at radius 3 is 2.41 bits per heavy atom. The summed E-state index contributed by atoms with van der Waals surface area (Å²) in [5, 5.41) is 11.0. The van der Waals surface area contributed by atoms with Gasteiger partial charge in [-0.1, -0.05) is 0 Å². The highest BCUT2D eigenvalue weighted by Crippen LogP contribution is 2.38. The molecule has 8 nitrogen and oxygen atoms in total. The van der Waals surface area contributed by atoms with E-state index in [0.717, 1.165) is 18.2 Å². The Hall–Kier alpha value is -2.90. The largest absolute Gasteiger partial charge is 0.493 e. The van der Waals surface area contributed by atoms with Crippen molar-refractivity contribution in [3.63, 3.8) is 0 Å². The maximum Gasteiger partial charge on any atom is 0.330 e. The molecule has 0 saturated carbocycles. The molecule has 0 aliphatic carbocycles. The van der Waals surface area contributed by atoms with E-state index in [1.54, 1.807) is 6.92 Å². The molecule has 0 aliphatic heterocycles. The van der Waals surface area contributed by atoms with Crippen molar-refractivity contribution < 1.29 is 28.7 Å². The number of benzene rings is 1. The second kappa shape index (κ2) is 7.77. The highest BCUT2D eigenvalue weighted by molar-refractivity contribution is 6.07. The molecule has 1 aromatic rings. The molecule has 22 heavy (non-hydrogen) atoms. The molecule has 0 saturated heterocycles. The van der Waals surface area contributed by atoms with E-state index >= 15 is 0 Å². The van der Waals surface area contributed by atoms with Crippen molar-refractivity contribution in [2.45, 2.75) is 6.92 Å². The summed E-state index contributed by atoms with van der Waals surface area (Å²) in [5.41, 5.74) is -0.417. The van der Waals surface area contributed by atoms with Gasteiger partial charge in [0.2, 0.25) is 5.75 Å². The first-order chi connectivity index (χ1) is 10.4. The molecular formula is C14H15NO7. The first-order valence-electron chi connectivity index (χ1n) is 6.24. The van der Waals surface area contributed by atoms with Gasteiger partial charge in [0.05, 0.1) is 25.7 Å². The normalized spacial score (nSPS) is 10.3. The van der Waals surface area contributed by atoms with E-state index in [2.05, 4.69) is 4.74 Å². The lowest BCUT2D eigenvalue weighted by Crippen LogP contribution is -2.04. The number of ether oxygens (including phenoxy) is 3. The lowest BCUT2D eigenvalue weighted by atomic mass is 10.1. The van der Waals surface area contributed by atoms with Crippen LogP contribution in [0.2, 0.25) is 0 Å². The minimum atomic E-state index is -0.687. The van der Waals surface area contributed by atoms with Crippen LogP contribution in [0.1, 0.15) is 17.3 Å². The Morgan fingerprint density at radius 1 is 1.23 bits per heavy atom. The second-order valence-electron chi connectivity index (χ2n) is 3.94. The van der Waals surface area contributed by atoms with Crippen molar-refractivity contribution in [3.05, 3.63) is 40.0 Å². The highest BCUT2D eigenvalue weighted by atomic mass is 16.6. The van der Waals surface area contributed by atoms with Gasteiger partial charge < -0.3 is 14.2 Å². The Labute approximate surface area is 126 Å². The average molecular weight is 309 g/mol. The summed E-state index contributed by atoms with van der Waals surface area (Å²) in [6, 6.07) is 2.35. The predicted octanol–water partition coefficient (Wildman–Crippen LogP) is 1.91. The van der Waals surface area contributed by atoms with Crippen LogP contribution in [0.25, 0.3) is 0 Å². The summed E-state index contributed by atoms with van der Waals surface area (Å²) in [4.78, 5) is 33.5. The van der Waals surface area contributed by atoms with Gasteiger partial charge in [-0.05, 0) is 19.1 Å². The highest BCUT2D eigenvalue weighted by Gasteiger charge is 2.23. The standard InChI is InChI=1S/C14H15NO7/c1-4-22-13(17)6-5-11(16)9-7-10(15(18)19)14(21-3)12(8-9)20-2/h5-8H,4H2,1-3H3/b6-5+. The van der Waals surface area contributed by atoms with Crippen LogP contribution in [0.4, 0.5) is 5.69 Å². The van der Waals surface area contributed by atoms with Crippen molar-refractivity contribution in [2.24, 2.45) is 0 Å². The zero-order chi connectivity index (χ0) is 16.7. The third-order valence-electron chi connectivity index (χ3n) is 2.60. The van der Waals surface area contributed by atoms with Gasteiger partial charge in [0, 0.05) is 17.7 Å². The first kappa shape index (κ1) is 17.2. The second-order valence-corrected chi connectivity index (χ2v) is 3.94. The smallest absolute Gasteiger partial charge is 0.330 e. The van der Waals surface area contributed by atoms with E-state index in [1.807, 2.05) is 0 Å². The molecule has 118 valence electrons. The molecule has 0 N–H and O–H groups in total. The van der Waals surface area contributed by atoms with Crippen LogP contribution in [0.15, 0.2) is 24.3 Å². The van der Waals surface area contributed by atoms with Gasteiger partial charge in [0.15, 0.2) is 11.5 Å². The van der Waals surface area contributed by atoms with Crippen LogP contribution in [0.3, 0.4) is 0 Å². The molecule has 0 spiro atoms. The lowest BCUT2D eigenvalue weighted by Gasteiger charge is -2.09. The van der Waals surface area contributed by atoms with Crippen molar-refractivity contribution >= 4 is 17.4 Å². The van der Waals surface area contributed by atoms with Gasteiger partial charge in [0.25, 0.3) is 0 Å². The number of nitro benzene ring substituents is 1. The molecule has 0 aliphatic rings. The number of carbonyl (C=O) groups excluding carboxylic acids is 2. The van der Waals surface area contributed by atoms with E-state index in [-0.39, 0.29) is 23.7 Å². The van der Waals surface area contributed by atoms with Gasteiger partial charge in [0.1, 0.15) is 0 Å². The molecule has 0 heterocycles. The number of nitrogens with zero attached hydrogens (tertiary/aromatic N) is 1. The number of hydrogen-bond acceptors (Lipinski definition) is 7. The van der Waals surface area contributed by atoms with Crippen LogP contribution < -0.4 is 9.47 Å². The SMILES string of the molecule is CCOC(=O)/C=C/C(=O)c1cc(OC)c(OC)c([N+](=O)[O-])c1. The summed E-state index contributed by atoms with van der Waals surface area (Å²) < 4.78 is 14.5. The number of esters is 1. The maximum absolute atomic E-state index is 12.0. The van der Waals surface area contributed by atoms with Gasteiger partial charge in [-0.3, -0.25) is 14.9 Å². The van der Waals surface area contributed by atoms with E-state index in [9.17, 15) is 19.7 Å². The zero-order valence-electron chi connectivity index (χ0n) is 12.3. The van der Waals surface area contributed by atoms with E-state index in [1.165, 1.54) is 20.3 Å². The summed E-state index contributed by atoms with van der Waals surface area (Å²) in [5.74, 6) is -1.31. The Balaban J connectivity index is 3.20. The molecule has 0 radical (unpaired) electrons. The van der Waals surface area contributed by atoms with Crippen LogP contribution in [-0.4, -0.2) is 37.5 Å². The van der Waals surface area contributed by atoms with Gasteiger partial charge >= 0.3 is 11.7 Å². The van der Waals surface area contributed by atoms with Gasteiger partial charge in [-0.25, -0.2) is 4.79 Å². The van der Waals surface area contributed by atoms with E-state index < -0.39 is 22.4 Å². The van der Waals surface area contributed by atoms with Crippen LogP contribution in [0, 0.1) is 10.1 Å². The molecule has 0 bridgehead atoms. The third kappa shape index (κ3) is 4.05. The minimum Gasteiger partial charge on any atom is -0.493 e. The summed E-state index contributed by atoms with van der Waals surface area (Å²) >= 11 is 0. The molecule has 0 amide bonds. The average Bonchev–Trinajstić information content (AvgIpc) is 2.51. The zero-order valence-corrected chi connectivity index (χ0v) is 12.3. The topological polar surface area (TPSA) is 105 Å². The van der Waals surface area contributed by atoms with E-state index in [4.69, 9.17) is 9.47 Å². The lowest BCUT2D eigenvalue weighted by molar-refractivity contribution is -0.385. The third-order valence-corrected chi connectivity index (χ3v) is 2.60. The van der Waals surface area contributed by atoms with Crippen LogP contribution in [-0.2, 0) is 9.53 Å². The number of rotatable bonds is 7. The number of allylic oxidation sites excluding steroid dienone is 1. The van der Waals surface area contributed by atoms with Crippen molar-refractivity contribution in [2.75, 3.05) is 20.8 Å². The molecular weight excluding hydrogens is 294 g/mol. The van der Waals surface area contributed by atoms with E-state index in [0.29, 0.717) is 0 Å². The fourth-order valence-electron chi connectivity index (χ4n) is 1.65. The minimum absolute atomic E-state index is 0.00935. The fourth-order valence-corrected chi connectivity index (χ4v) is 1.65. The number of methoxy groups -OCH3 is 2. The molecule has 0 aromatic heterocycles. The summed E-state index contributed by atoms with van der Waals surface area (Å²) in [7, 11) is 2.55. The van der Waals surface area contributed by atoms with Crippen molar-refractivity contribution in [1.82, 2.24) is 0 Å². The molecule has 1 aromatic carbocycles. The van der Waals surface area contributed by atoms with Crippen LogP contribution >= 0.6 is 0 Å². The molecule has 0 atom stereocenters. The maximum atomic E-state index is 12.0. The molecule has 1 rings (SSSR count). The number of hydrogen-bond donors (Lipinski definition) is 0. The number of nitro groups is 1. The Kier molecular flexibility index (Phi) is 6.06. The molecule has 0 fully saturated rings. The predicted molar refractivity (Wildman–Crippen MR) is 76.3 cm³/mol.